The summed E-state index contributed by atoms with van der Waals surface area (Å²) in [5.74, 6) is -0.0143. The summed E-state index contributed by atoms with van der Waals surface area (Å²) >= 11 is 0.971. The number of hydrogen-bond donors (Lipinski definition) is 0. The van der Waals surface area contributed by atoms with Gasteiger partial charge in [-0.05, 0) is 37.3 Å². The third kappa shape index (κ3) is 2.98. The zero-order valence-electron chi connectivity index (χ0n) is 11.2. The monoisotopic (exact) mass is 303 g/mol. The van der Waals surface area contributed by atoms with Crippen molar-refractivity contribution < 1.29 is 17.9 Å². The van der Waals surface area contributed by atoms with Gasteiger partial charge in [0, 0.05) is 13.6 Å². The van der Waals surface area contributed by atoms with Crippen LogP contribution < -0.4 is 0 Å². The van der Waals surface area contributed by atoms with Crippen molar-refractivity contribution >= 4 is 27.3 Å². The fourth-order valence-electron chi connectivity index (χ4n) is 1.83. The SMILES string of the molecule is COC(=O)c1cc(C)c(S(=O)(=O)N(C)CC2CC2)s1. The van der Waals surface area contributed by atoms with Crippen molar-refractivity contribution in [1.29, 1.82) is 0 Å². The number of aryl methyl sites for hydroxylation is 1. The standard InChI is InChI=1S/C12H17NO4S2/c1-8-6-10(11(14)17-3)18-12(8)19(15,16)13(2)7-9-4-5-9/h6,9H,4-5,7H2,1-3H3. The first-order valence-corrected chi connectivity index (χ1v) is 8.27. The molecule has 1 aromatic heterocycles. The van der Waals surface area contributed by atoms with Crippen LogP contribution in [0.5, 0.6) is 0 Å². The minimum absolute atomic E-state index is 0.232. The maximum absolute atomic E-state index is 12.4. The van der Waals surface area contributed by atoms with Crippen molar-refractivity contribution in [2.75, 3.05) is 20.7 Å². The first-order valence-electron chi connectivity index (χ1n) is 6.01. The van der Waals surface area contributed by atoms with Gasteiger partial charge in [-0.15, -0.1) is 11.3 Å². The van der Waals surface area contributed by atoms with E-state index in [0.717, 1.165) is 24.2 Å². The van der Waals surface area contributed by atoms with E-state index in [2.05, 4.69) is 4.74 Å². The normalized spacial score (nSPS) is 15.8. The maximum atomic E-state index is 12.4. The van der Waals surface area contributed by atoms with Gasteiger partial charge in [-0.2, -0.15) is 4.31 Å². The molecule has 1 heterocycles. The molecule has 1 saturated carbocycles. The van der Waals surface area contributed by atoms with Gasteiger partial charge in [0.05, 0.1) is 7.11 Å². The number of hydrogen-bond acceptors (Lipinski definition) is 5. The molecule has 2 rings (SSSR count). The van der Waals surface area contributed by atoms with E-state index in [9.17, 15) is 13.2 Å². The average molecular weight is 303 g/mol. The molecule has 0 aromatic carbocycles. The van der Waals surface area contributed by atoms with Crippen LogP contribution in [0.4, 0.5) is 0 Å². The molecule has 1 aliphatic carbocycles. The van der Waals surface area contributed by atoms with E-state index in [4.69, 9.17) is 0 Å². The fourth-order valence-corrected chi connectivity index (χ4v) is 4.88. The molecule has 0 aliphatic heterocycles. The zero-order valence-corrected chi connectivity index (χ0v) is 12.8. The minimum Gasteiger partial charge on any atom is -0.465 e. The number of esters is 1. The molecular formula is C12H17NO4S2. The van der Waals surface area contributed by atoms with Crippen LogP contribution in [0.2, 0.25) is 0 Å². The predicted octanol–water partition coefficient (Wildman–Crippen LogP) is 1.87. The van der Waals surface area contributed by atoms with E-state index in [0.29, 0.717) is 22.9 Å². The quantitative estimate of drug-likeness (QED) is 0.779. The van der Waals surface area contributed by atoms with Crippen molar-refractivity contribution in [1.82, 2.24) is 4.31 Å². The molecule has 0 spiro atoms. The molecule has 19 heavy (non-hydrogen) atoms. The Bertz CT molecular complexity index is 587. The van der Waals surface area contributed by atoms with Gasteiger partial charge >= 0.3 is 5.97 Å². The lowest BCUT2D eigenvalue weighted by atomic mass is 10.3. The molecule has 1 aliphatic rings. The van der Waals surface area contributed by atoms with Gasteiger partial charge in [-0.1, -0.05) is 0 Å². The molecule has 1 fully saturated rings. The van der Waals surface area contributed by atoms with Crippen LogP contribution >= 0.6 is 11.3 Å². The van der Waals surface area contributed by atoms with E-state index in [-0.39, 0.29) is 4.21 Å². The second kappa shape index (κ2) is 5.22. The van der Waals surface area contributed by atoms with E-state index in [1.807, 2.05) is 0 Å². The molecule has 1 aromatic rings. The average Bonchev–Trinajstić information content (AvgIpc) is 3.08. The molecule has 0 saturated heterocycles. The van der Waals surface area contributed by atoms with E-state index in [1.54, 1.807) is 20.0 Å². The minimum atomic E-state index is -3.50. The zero-order chi connectivity index (χ0) is 14.2. The Morgan fingerprint density at radius 2 is 2.16 bits per heavy atom. The molecule has 5 nitrogen and oxygen atoms in total. The van der Waals surface area contributed by atoms with Crippen LogP contribution in [0.25, 0.3) is 0 Å². The molecule has 106 valence electrons. The highest BCUT2D eigenvalue weighted by molar-refractivity contribution is 7.91. The molecular weight excluding hydrogens is 286 g/mol. The largest absolute Gasteiger partial charge is 0.465 e. The molecule has 0 radical (unpaired) electrons. The Kier molecular flexibility index (Phi) is 3.98. The highest BCUT2D eigenvalue weighted by Gasteiger charge is 2.31. The first kappa shape index (κ1) is 14.5. The van der Waals surface area contributed by atoms with Crippen LogP contribution in [0.3, 0.4) is 0 Å². The number of thiophene rings is 1. The maximum Gasteiger partial charge on any atom is 0.348 e. The third-order valence-electron chi connectivity index (χ3n) is 3.12. The van der Waals surface area contributed by atoms with E-state index < -0.39 is 16.0 Å². The van der Waals surface area contributed by atoms with Crippen molar-refractivity contribution in [3.63, 3.8) is 0 Å². The molecule has 0 atom stereocenters. The van der Waals surface area contributed by atoms with E-state index in [1.165, 1.54) is 11.4 Å². The predicted molar refractivity (Wildman–Crippen MR) is 72.9 cm³/mol. The smallest absolute Gasteiger partial charge is 0.348 e. The molecule has 0 unspecified atom stereocenters. The van der Waals surface area contributed by atoms with Gasteiger partial charge in [-0.25, -0.2) is 13.2 Å². The molecule has 0 N–H and O–H groups in total. The summed E-state index contributed by atoms with van der Waals surface area (Å²) < 4.78 is 31.1. The Hall–Kier alpha value is -0.920. The second-order valence-electron chi connectivity index (χ2n) is 4.80. The molecule has 0 bridgehead atoms. The number of rotatable bonds is 5. The number of carbonyl (C=O) groups is 1. The summed E-state index contributed by atoms with van der Waals surface area (Å²) in [6.45, 7) is 2.24. The van der Waals surface area contributed by atoms with Crippen LogP contribution in [0, 0.1) is 12.8 Å². The van der Waals surface area contributed by atoms with Gasteiger partial charge < -0.3 is 4.74 Å². The van der Waals surface area contributed by atoms with Gasteiger partial charge in [0.2, 0.25) is 0 Å². The summed E-state index contributed by atoms with van der Waals surface area (Å²) in [6.07, 6.45) is 2.19. The topological polar surface area (TPSA) is 63.7 Å². The number of nitrogens with zero attached hydrogens (tertiary/aromatic N) is 1. The Morgan fingerprint density at radius 3 is 2.68 bits per heavy atom. The summed E-state index contributed by atoms with van der Waals surface area (Å²) in [6, 6.07) is 1.56. The Morgan fingerprint density at radius 1 is 1.53 bits per heavy atom. The number of sulfonamides is 1. The lowest BCUT2D eigenvalue weighted by Crippen LogP contribution is -2.28. The van der Waals surface area contributed by atoms with Crippen molar-refractivity contribution in [3.05, 3.63) is 16.5 Å². The van der Waals surface area contributed by atoms with Gasteiger partial charge in [0.15, 0.2) is 0 Å². The number of carbonyl (C=O) groups excluding carboxylic acids is 1. The molecule has 7 heteroatoms. The van der Waals surface area contributed by atoms with Crippen molar-refractivity contribution in [2.24, 2.45) is 5.92 Å². The summed E-state index contributed by atoms with van der Waals surface area (Å²) in [7, 11) is -0.631. The lowest BCUT2D eigenvalue weighted by molar-refractivity contribution is 0.0606. The molecule has 0 amide bonds. The summed E-state index contributed by atoms with van der Waals surface area (Å²) in [4.78, 5) is 11.8. The summed E-state index contributed by atoms with van der Waals surface area (Å²) in [5.41, 5.74) is 0.591. The van der Waals surface area contributed by atoms with Crippen LogP contribution in [0.15, 0.2) is 10.3 Å². The van der Waals surface area contributed by atoms with Gasteiger partial charge in [0.25, 0.3) is 10.0 Å². The lowest BCUT2D eigenvalue weighted by Gasteiger charge is -2.16. The van der Waals surface area contributed by atoms with Crippen molar-refractivity contribution in [3.8, 4) is 0 Å². The number of methoxy groups -OCH3 is 1. The Labute approximate surface area is 117 Å². The number of ether oxygens (including phenoxy) is 1. The Balaban J connectivity index is 2.28. The van der Waals surface area contributed by atoms with Crippen molar-refractivity contribution in [2.45, 2.75) is 24.0 Å². The van der Waals surface area contributed by atoms with Gasteiger partial charge in [0.1, 0.15) is 9.09 Å². The highest BCUT2D eigenvalue weighted by atomic mass is 32.2. The summed E-state index contributed by atoms with van der Waals surface area (Å²) in [5, 5.41) is 0. The van der Waals surface area contributed by atoms with Crippen LogP contribution in [-0.4, -0.2) is 39.4 Å². The van der Waals surface area contributed by atoms with Crippen LogP contribution in [0.1, 0.15) is 28.1 Å². The van der Waals surface area contributed by atoms with Gasteiger partial charge in [-0.3, -0.25) is 0 Å². The third-order valence-corrected chi connectivity index (χ3v) is 6.77. The van der Waals surface area contributed by atoms with Crippen LogP contribution in [-0.2, 0) is 14.8 Å². The van der Waals surface area contributed by atoms with E-state index >= 15 is 0 Å². The fraction of sp³-hybridized carbons (Fsp3) is 0.583. The first-order chi connectivity index (χ1) is 8.86. The highest BCUT2D eigenvalue weighted by Crippen LogP contribution is 2.33. The second-order valence-corrected chi connectivity index (χ2v) is 8.09.